The molecule has 0 saturated carbocycles. The summed E-state index contributed by atoms with van der Waals surface area (Å²) in [6, 6.07) is 9.05. The zero-order valence-corrected chi connectivity index (χ0v) is 15.9. The fourth-order valence-corrected chi connectivity index (χ4v) is 3.06. The normalized spacial score (nSPS) is 16.7. The molecule has 2 aliphatic heterocycles. The number of benzene rings is 2. The lowest BCUT2D eigenvalue weighted by Gasteiger charge is -2.21. The number of amides is 1. The second-order valence-corrected chi connectivity index (χ2v) is 6.35. The molecule has 1 unspecified atom stereocenters. The number of rotatable bonds is 4. The molecule has 4 rings (SSSR count). The molecule has 154 valence electrons. The Morgan fingerprint density at radius 2 is 1.90 bits per heavy atom. The number of nitro benzene ring substituents is 1. The molecule has 2 aliphatic rings. The molecule has 0 N–H and O–H groups in total. The molecule has 2 aromatic rings. The second kappa shape index (κ2) is 7.35. The van der Waals surface area contributed by atoms with Crippen molar-refractivity contribution >= 4 is 23.5 Å². The van der Waals surface area contributed by atoms with E-state index in [1.54, 1.807) is 24.3 Å². The minimum atomic E-state index is -1.09. The Balaban J connectivity index is 1.77. The highest BCUT2D eigenvalue weighted by Crippen LogP contribution is 2.41. The van der Waals surface area contributed by atoms with Crippen LogP contribution in [0.3, 0.4) is 0 Å². The Morgan fingerprint density at radius 1 is 1.20 bits per heavy atom. The summed E-state index contributed by atoms with van der Waals surface area (Å²) in [5.41, 5.74) is 0.0448. The van der Waals surface area contributed by atoms with Crippen molar-refractivity contribution in [2.24, 2.45) is 5.10 Å². The van der Waals surface area contributed by atoms with Crippen LogP contribution in [0.4, 0.5) is 5.69 Å². The maximum Gasteiger partial charge on any atom is 0.308 e. The van der Waals surface area contributed by atoms with Gasteiger partial charge in [0.1, 0.15) is 11.3 Å². The summed E-state index contributed by atoms with van der Waals surface area (Å²) < 4.78 is 21.5. The third-order valence-corrected chi connectivity index (χ3v) is 4.32. The van der Waals surface area contributed by atoms with E-state index in [9.17, 15) is 19.7 Å². The maximum absolute atomic E-state index is 12.2. The smallest absolute Gasteiger partial charge is 0.308 e. The highest BCUT2D eigenvalue weighted by atomic mass is 16.7. The van der Waals surface area contributed by atoms with Crippen LogP contribution in [0.25, 0.3) is 0 Å². The van der Waals surface area contributed by atoms with E-state index in [-0.39, 0.29) is 35.4 Å². The van der Waals surface area contributed by atoms with E-state index < -0.39 is 23.0 Å². The van der Waals surface area contributed by atoms with E-state index in [2.05, 4.69) is 5.10 Å². The van der Waals surface area contributed by atoms with Gasteiger partial charge in [-0.05, 0) is 12.1 Å². The zero-order valence-electron chi connectivity index (χ0n) is 15.9. The van der Waals surface area contributed by atoms with Crippen LogP contribution in [0.1, 0.15) is 31.2 Å². The molecule has 2 heterocycles. The maximum atomic E-state index is 12.2. The number of hydrogen-bond acceptors (Lipinski definition) is 9. The molecule has 0 aromatic heterocycles. The van der Waals surface area contributed by atoms with Crippen LogP contribution in [0.5, 0.6) is 17.2 Å². The van der Waals surface area contributed by atoms with Crippen molar-refractivity contribution in [3.05, 3.63) is 57.6 Å². The summed E-state index contributed by atoms with van der Waals surface area (Å²) in [5, 5.41) is 16.7. The number of carbonyl (C=O) groups is 2. The van der Waals surface area contributed by atoms with Crippen molar-refractivity contribution in [2.75, 3.05) is 6.79 Å². The molecule has 0 radical (unpaired) electrons. The third kappa shape index (κ3) is 3.36. The number of fused-ring (bicyclic) bond motifs is 1. The molecule has 0 fully saturated rings. The average molecular weight is 413 g/mol. The Hall–Kier alpha value is -4.15. The van der Waals surface area contributed by atoms with E-state index in [0.717, 1.165) is 5.01 Å². The van der Waals surface area contributed by atoms with E-state index in [4.69, 9.17) is 18.9 Å². The van der Waals surface area contributed by atoms with Gasteiger partial charge in [-0.25, -0.2) is 0 Å². The molecule has 11 nitrogen and oxygen atoms in total. The van der Waals surface area contributed by atoms with E-state index in [1.165, 1.54) is 26.0 Å². The van der Waals surface area contributed by atoms with Crippen LogP contribution in [-0.4, -0.2) is 34.5 Å². The number of nitro groups is 1. The van der Waals surface area contributed by atoms with Gasteiger partial charge in [-0.1, -0.05) is 12.1 Å². The van der Waals surface area contributed by atoms with Gasteiger partial charge in [0.2, 0.25) is 24.8 Å². The predicted molar refractivity (Wildman–Crippen MR) is 99.9 cm³/mol. The molecule has 1 atom stereocenters. The summed E-state index contributed by atoms with van der Waals surface area (Å²) >= 11 is 0. The molecule has 11 heteroatoms. The summed E-state index contributed by atoms with van der Waals surface area (Å²) in [7, 11) is 0. The van der Waals surface area contributed by atoms with Crippen LogP contribution in [0.15, 0.2) is 41.5 Å². The Kier molecular flexibility index (Phi) is 4.70. The van der Waals surface area contributed by atoms with E-state index in [0.29, 0.717) is 11.3 Å². The highest BCUT2D eigenvalue weighted by Gasteiger charge is 2.38. The SMILES string of the molecule is CC(=O)Oc1ccccc1C1OC(c2cc3c(cc2[N+](=O)[O-])OCO3)=NN1C(C)=O. The number of carbonyl (C=O) groups excluding carboxylic acids is 2. The van der Waals surface area contributed by atoms with Gasteiger partial charge in [-0.3, -0.25) is 19.7 Å². The van der Waals surface area contributed by atoms with Crippen LogP contribution >= 0.6 is 0 Å². The lowest BCUT2D eigenvalue weighted by molar-refractivity contribution is -0.385. The largest absolute Gasteiger partial charge is 0.454 e. The topological polar surface area (TPSA) is 130 Å². The van der Waals surface area contributed by atoms with Crippen LogP contribution < -0.4 is 14.2 Å². The molecule has 0 spiro atoms. The molecule has 30 heavy (non-hydrogen) atoms. The van der Waals surface area contributed by atoms with Crippen molar-refractivity contribution < 1.29 is 33.5 Å². The highest BCUT2D eigenvalue weighted by molar-refractivity contribution is 6.00. The molecular formula is C19H15N3O8. The average Bonchev–Trinajstić information content (AvgIpc) is 3.33. The number of para-hydroxylation sites is 1. The number of hydrazone groups is 1. The standard InChI is InChI=1S/C19H15N3O8/c1-10(23)21-19(12-5-3-4-6-15(12)29-11(2)24)30-18(20-21)13-7-16-17(28-9-27-16)8-14(13)22(25)26/h3-8,19H,9H2,1-2H3. The Labute approximate surface area is 169 Å². The van der Waals surface area contributed by atoms with Gasteiger partial charge in [0.05, 0.1) is 16.6 Å². The van der Waals surface area contributed by atoms with Crippen LogP contribution in [-0.2, 0) is 14.3 Å². The monoisotopic (exact) mass is 413 g/mol. The van der Waals surface area contributed by atoms with Crippen LogP contribution in [0, 0.1) is 10.1 Å². The molecule has 1 amide bonds. The molecule has 0 aliphatic carbocycles. The van der Waals surface area contributed by atoms with Gasteiger partial charge < -0.3 is 18.9 Å². The fraction of sp³-hybridized carbons (Fsp3) is 0.211. The minimum absolute atomic E-state index is 0.0166. The van der Waals surface area contributed by atoms with Crippen LogP contribution in [0.2, 0.25) is 0 Å². The molecule has 0 bridgehead atoms. The van der Waals surface area contributed by atoms with Gasteiger partial charge in [-0.15, -0.1) is 5.10 Å². The molecule has 0 saturated heterocycles. The summed E-state index contributed by atoms with van der Waals surface area (Å²) in [6.07, 6.45) is -1.09. The first kappa shape index (κ1) is 19.2. The van der Waals surface area contributed by atoms with Crippen molar-refractivity contribution in [1.29, 1.82) is 0 Å². The lowest BCUT2D eigenvalue weighted by Crippen LogP contribution is -2.26. The summed E-state index contributed by atoms with van der Waals surface area (Å²) in [4.78, 5) is 34.6. The van der Waals surface area contributed by atoms with Gasteiger partial charge in [0.25, 0.3) is 5.69 Å². The fourth-order valence-electron chi connectivity index (χ4n) is 3.06. The van der Waals surface area contributed by atoms with Gasteiger partial charge in [0, 0.05) is 19.9 Å². The van der Waals surface area contributed by atoms with Crippen molar-refractivity contribution in [1.82, 2.24) is 5.01 Å². The first-order valence-corrected chi connectivity index (χ1v) is 8.76. The number of ether oxygens (including phenoxy) is 4. The molecule has 2 aromatic carbocycles. The minimum Gasteiger partial charge on any atom is -0.454 e. The first-order valence-electron chi connectivity index (χ1n) is 8.76. The predicted octanol–water partition coefficient (Wildman–Crippen LogP) is 2.49. The zero-order chi connectivity index (χ0) is 21.4. The third-order valence-electron chi connectivity index (χ3n) is 4.32. The van der Waals surface area contributed by atoms with Gasteiger partial charge in [-0.2, -0.15) is 5.01 Å². The second-order valence-electron chi connectivity index (χ2n) is 6.35. The first-order chi connectivity index (χ1) is 14.3. The van der Waals surface area contributed by atoms with Crippen molar-refractivity contribution in [3.63, 3.8) is 0 Å². The van der Waals surface area contributed by atoms with E-state index >= 15 is 0 Å². The Morgan fingerprint density at radius 3 is 2.57 bits per heavy atom. The Bertz CT molecular complexity index is 1100. The van der Waals surface area contributed by atoms with E-state index in [1.807, 2.05) is 0 Å². The van der Waals surface area contributed by atoms with Crippen molar-refractivity contribution in [2.45, 2.75) is 20.1 Å². The quantitative estimate of drug-likeness (QED) is 0.323. The number of nitrogens with zero attached hydrogens (tertiary/aromatic N) is 3. The summed E-state index contributed by atoms with van der Waals surface area (Å²) in [6.45, 7) is 2.44. The number of esters is 1. The van der Waals surface area contributed by atoms with Gasteiger partial charge in [0.15, 0.2) is 11.5 Å². The molecular weight excluding hydrogens is 398 g/mol. The van der Waals surface area contributed by atoms with Gasteiger partial charge >= 0.3 is 5.97 Å². The lowest BCUT2D eigenvalue weighted by atomic mass is 10.1. The van der Waals surface area contributed by atoms with Crippen molar-refractivity contribution in [3.8, 4) is 17.2 Å². The number of hydrogen-bond donors (Lipinski definition) is 0. The summed E-state index contributed by atoms with van der Waals surface area (Å²) in [5.74, 6) is -0.488.